The Bertz CT molecular complexity index is 398. The number of hydrogen-bond acceptors (Lipinski definition) is 2. The number of allylic oxidation sites excluding steroid dienone is 1. The van der Waals surface area contributed by atoms with E-state index in [0.717, 1.165) is 18.4 Å². The Kier molecular flexibility index (Phi) is 2.16. The summed E-state index contributed by atoms with van der Waals surface area (Å²) in [5, 5.41) is 2.41. The highest BCUT2D eigenvalue weighted by atomic mass is 16.2. The molecule has 2 rings (SSSR count). The number of hydrogen-bond donors (Lipinski definition) is 2. The Morgan fingerprint density at radius 1 is 1.50 bits per heavy atom. The molecule has 0 radical (unpaired) electrons. The topological polar surface area (TPSA) is 72.2 Å². The summed E-state index contributed by atoms with van der Waals surface area (Å²) in [4.78, 5) is 22.9. The molecule has 16 heavy (non-hydrogen) atoms. The highest BCUT2D eigenvalue weighted by Crippen LogP contribution is 2.65. The fourth-order valence-corrected chi connectivity index (χ4v) is 3.24. The highest BCUT2D eigenvalue weighted by Gasteiger charge is 2.63. The van der Waals surface area contributed by atoms with E-state index < -0.39 is 6.03 Å². The van der Waals surface area contributed by atoms with Gasteiger partial charge in [-0.2, -0.15) is 0 Å². The fraction of sp³-hybridized carbons (Fsp3) is 0.667. The SMILES string of the molecule is CC1(C)[C@H]2CC[C@]1(C)C(=O)C2=CNC(N)=O. The summed E-state index contributed by atoms with van der Waals surface area (Å²) in [7, 11) is 0. The van der Waals surface area contributed by atoms with Gasteiger partial charge in [0.15, 0.2) is 5.78 Å². The first-order valence-electron chi connectivity index (χ1n) is 5.61. The average Bonchev–Trinajstić information content (AvgIpc) is 2.47. The van der Waals surface area contributed by atoms with Crippen LogP contribution in [0.25, 0.3) is 0 Å². The second-order valence-corrected chi connectivity index (χ2v) is 5.58. The molecule has 4 heteroatoms. The molecular weight excluding hydrogens is 204 g/mol. The molecule has 2 saturated carbocycles. The third kappa shape index (κ3) is 1.16. The first kappa shape index (κ1) is 11.2. The van der Waals surface area contributed by atoms with Crippen molar-refractivity contribution in [3.05, 3.63) is 11.8 Å². The van der Waals surface area contributed by atoms with E-state index in [9.17, 15) is 9.59 Å². The summed E-state index contributed by atoms with van der Waals surface area (Å²) < 4.78 is 0. The number of Topliss-reactive ketones (excluding diaryl/α,β-unsaturated/α-hetero) is 1. The molecule has 2 amide bonds. The third-order valence-corrected chi connectivity index (χ3v) is 4.73. The maximum atomic E-state index is 12.3. The monoisotopic (exact) mass is 222 g/mol. The Morgan fingerprint density at radius 3 is 2.56 bits per heavy atom. The van der Waals surface area contributed by atoms with Crippen LogP contribution in [0.15, 0.2) is 11.8 Å². The Hall–Kier alpha value is -1.32. The van der Waals surface area contributed by atoms with E-state index in [1.54, 1.807) is 0 Å². The molecule has 2 atom stereocenters. The zero-order valence-electron chi connectivity index (χ0n) is 9.96. The molecule has 0 aromatic heterocycles. The number of rotatable bonds is 1. The van der Waals surface area contributed by atoms with Crippen molar-refractivity contribution >= 4 is 11.8 Å². The second kappa shape index (κ2) is 3.09. The van der Waals surface area contributed by atoms with Crippen LogP contribution in [-0.2, 0) is 4.79 Å². The van der Waals surface area contributed by atoms with Crippen LogP contribution in [0.2, 0.25) is 0 Å². The van der Waals surface area contributed by atoms with Crippen LogP contribution >= 0.6 is 0 Å². The van der Waals surface area contributed by atoms with Gasteiger partial charge in [-0.05, 0) is 24.2 Å². The molecule has 0 aromatic carbocycles. The third-order valence-electron chi connectivity index (χ3n) is 4.73. The highest BCUT2D eigenvalue weighted by molar-refractivity contribution is 6.04. The van der Waals surface area contributed by atoms with Crippen LogP contribution in [0.1, 0.15) is 33.6 Å². The van der Waals surface area contributed by atoms with Gasteiger partial charge in [0.1, 0.15) is 0 Å². The minimum Gasteiger partial charge on any atom is -0.351 e. The fourth-order valence-electron chi connectivity index (χ4n) is 3.24. The predicted octanol–water partition coefficient (Wildman–Crippen LogP) is 1.56. The van der Waals surface area contributed by atoms with Crippen molar-refractivity contribution in [1.29, 1.82) is 0 Å². The molecule has 0 unspecified atom stereocenters. The lowest BCUT2D eigenvalue weighted by Gasteiger charge is -2.31. The smallest absolute Gasteiger partial charge is 0.316 e. The summed E-state index contributed by atoms with van der Waals surface area (Å²) in [6.07, 6.45) is 3.46. The van der Waals surface area contributed by atoms with Crippen LogP contribution in [0, 0.1) is 16.7 Å². The quantitative estimate of drug-likeness (QED) is 0.661. The van der Waals surface area contributed by atoms with Crippen molar-refractivity contribution in [3.63, 3.8) is 0 Å². The summed E-state index contributed by atoms with van der Waals surface area (Å²) in [6.45, 7) is 6.29. The van der Waals surface area contributed by atoms with Crippen LogP contribution in [0.3, 0.4) is 0 Å². The minimum atomic E-state index is -0.619. The molecule has 2 bridgehead atoms. The summed E-state index contributed by atoms with van der Waals surface area (Å²) >= 11 is 0. The lowest BCUT2D eigenvalue weighted by molar-refractivity contribution is -0.125. The molecule has 88 valence electrons. The van der Waals surface area contributed by atoms with Gasteiger partial charge in [0.2, 0.25) is 0 Å². The average molecular weight is 222 g/mol. The molecule has 0 heterocycles. The summed E-state index contributed by atoms with van der Waals surface area (Å²) in [5.74, 6) is 0.416. The maximum Gasteiger partial charge on any atom is 0.316 e. The van der Waals surface area contributed by atoms with E-state index in [2.05, 4.69) is 19.2 Å². The predicted molar refractivity (Wildman–Crippen MR) is 60.4 cm³/mol. The number of carbonyl (C=O) groups is 2. The van der Waals surface area contributed by atoms with Gasteiger partial charge >= 0.3 is 6.03 Å². The molecular formula is C12H18N2O2. The zero-order chi connectivity index (χ0) is 12.1. The van der Waals surface area contributed by atoms with E-state index in [1.165, 1.54) is 6.20 Å². The molecule has 0 spiro atoms. The van der Waals surface area contributed by atoms with Gasteiger partial charge in [-0.1, -0.05) is 20.8 Å². The number of urea groups is 1. The molecule has 2 fully saturated rings. The van der Waals surface area contributed by atoms with Crippen LogP contribution < -0.4 is 11.1 Å². The first-order valence-corrected chi connectivity index (χ1v) is 5.61. The second-order valence-electron chi connectivity index (χ2n) is 5.58. The molecule has 2 aliphatic carbocycles. The van der Waals surface area contributed by atoms with Gasteiger partial charge in [0, 0.05) is 17.2 Å². The number of nitrogens with one attached hydrogen (secondary N) is 1. The van der Waals surface area contributed by atoms with Crippen molar-refractivity contribution in [3.8, 4) is 0 Å². The normalized spacial score (nSPS) is 38.1. The minimum absolute atomic E-state index is 0.0186. The number of primary amides is 1. The van der Waals surface area contributed by atoms with Crippen molar-refractivity contribution in [1.82, 2.24) is 5.32 Å². The summed E-state index contributed by atoms with van der Waals surface area (Å²) in [6, 6.07) is -0.619. The number of fused-ring (bicyclic) bond motifs is 2. The lowest BCUT2D eigenvalue weighted by Crippen LogP contribution is -2.32. The Morgan fingerprint density at radius 2 is 2.12 bits per heavy atom. The van der Waals surface area contributed by atoms with Crippen molar-refractivity contribution in [2.75, 3.05) is 0 Å². The van der Waals surface area contributed by atoms with Gasteiger partial charge in [-0.25, -0.2) is 4.79 Å². The standard InChI is InChI=1S/C12H18N2O2/c1-11(2)8-4-5-12(11,3)9(15)7(8)6-14-10(13)16/h6,8H,4-5H2,1-3H3,(H3,13,14,16)/t8-,12+/m0/s1. The van der Waals surface area contributed by atoms with E-state index in [4.69, 9.17) is 5.73 Å². The number of amides is 2. The lowest BCUT2D eigenvalue weighted by atomic mass is 9.70. The number of carbonyl (C=O) groups excluding carboxylic acids is 2. The molecule has 4 nitrogen and oxygen atoms in total. The van der Waals surface area contributed by atoms with Gasteiger partial charge in [0.25, 0.3) is 0 Å². The maximum absolute atomic E-state index is 12.3. The van der Waals surface area contributed by atoms with E-state index in [1.807, 2.05) is 6.92 Å². The molecule has 2 aliphatic rings. The van der Waals surface area contributed by atoms with E-state index in [-0.39, 0.29) is 22.5 Å². The van der Waals surface area contributed by atoms with Crippen molar-refractivity contribution in [2.45, 2.75) is 33.6 Å². The van der Waals surface area contributed by atoms with Crippen LogP contribution in [-0.4, -0.2) is 11.8 Å². The molecule has 3 N–H and O–H groups in total. The van der Waals surface area contributed by atoms with Crippen LogP contribution in [0.4, 0.5) is 4.79 Å². The van der Waals surface area contributed by atoms with Crippen molar-refractivity contribution in [2.24, 2.45) is 22.5 Å². The Labute approximate surface area is 95.3 Å². The molecule has 0 aliphatic heterocycles. The van der Waals surface area contributed by atoms with Crippen LogP contribution in [0.5, 0.6) is 0 Å². The van der Waals surface area contributed by atoms with Crippen molar-refractivity contribution < 1.29 is 9.59 Å². The van der Waals surface area contributed by atoms with E-state index >= 15 is 0 Å². The Balaban J connectivity index is 2.37. The molecule has 0 aromatic rings. The van der Waals surface area contributed by atoms with Gasteiger partial charge in [0.05, 0.1) is 0 Å². The van der Waals surface area contributed by atoms with E-state index in [0.29, 0.717) is 0 Å². The largest absolute Gasteiger partial charge is 0.351 e. The number of nitrogens with two attached hydrogens (primary N) is 1. The number of ketones is 1. The zero-order valence-corrected chi connectivity index (χ0v) is 9.96. The van der Waals surface area contributed by atoms with Gasteiger partial charge in [-0.15, -0.1) is 0 Å². The first-order chi connectivity index (χ1) is 7.30. The van der Waals surface area contributed by atoms with Gasteiger partial charge in [-0.3, -0.25) is 4.79 Å². The molecule has 0 saturated heterocycles. The summed E-state index contributed by atoms with van der Waals surface area (Å²) in [5.41, 5.74) is 5.45. The van der Waals surface area contributed by atoms with Gasteiger partial charge < -0.3 is 11.1 Å².